The van der Waals surface area contributed by atoms with Crippen molar-refractivity contribution in [1.29, 1.82) is 0 Å². The van der Waals surface area contributed by atoms with Crippen LogP contribution in [0.4, 0.5) is 0 Å². The number of aryl methyl sites for hydroxylation is 3. The van der Waals surface area contributed by atoms with Gasteiger partial charge in [-0.3, -0.25) is 0 Å². The van der Waals surface area contributed by atoms with Gasteiger partial charge in [0, 0.05) is 0 Å². The molecule has 0 aliphatic heterocycles. The fourth-order valence-electron chi connectivity index (χ4n) is 3.75. The average Bonchev–Trinajstić information content (AvgIpc) is 2.61. The van der Waals surface area contributed by atoms with Crippen LogP contribution in [0.1, 0.15) is 23.6 Å². The van der Waals surface area contributed by atoms with Crippen LogP contribution in [0, 0.1) is 20.8 Å². The van der Waals surface area contributed by atoms with E-state index in [1.807, 2.05) is 0 Å². The standard InChI is InChI=1S/C23H26ClP/c1-5-25(24,21-12-6-9-18(2)15-21,22-13-7-10-19(3)16-22)23-14-8-11-20(4)17-23/h6-17H,5H2,1-4H3. The number of halogens is 1. The molecule has 0 atom stereocenters. The summed E-state index contributed by atoms with van der Waals surface area (Å²) in [6.45, 7) is 8.66. The molecule has 3 rings (SSSR count). The third-order valence-corrected chi connectivity index (χ3v) is 12.9. The second-order valence-electron chi connectivity index (χ2n) is 7.02. The predicted molar refractivity (Wildman–Crippen MR) is 116 cm³/mol. The summed E-state index contributed by atoms with van der Waals surface area (Å²) in [7, 11) is 0. The van der Waals surface area contributed by atoms with Gasteiger partial charge in [-0.05, 0) is 0 Å². The van der Waals surface area contributed by atoms with Gasteiger partial charge in [0.05, 0.1) is 0 Å². The third-order valence-electron chi connectivity index (χ3n) is 5.21. The Hall–Kier alpha value is -1.62. The molecule has 0 radical (unpaired) electrons. The second-order valence-corrected chi connectivity index (χ2v) is 13.8. The normalized spacial score (nSPS) is 13.2. The third kappa shape index (κ3) is 2.92. The molecule has 0 saturated carbocycles. The molecular formula is C23H26ClP. The fraction of sp³-hybridized carbons (Fsp3) is 0.217. The average molecular weight is 369 g/mol. The van der Waals surface area contributed by atoms with Crippen LogP contribution in [0.2, 0.25) is 0 Å². The van der Waals surface area contributed by atoms with Crippen molar-refractivity contribution in [2.45, 2.75) is 27.7 Å². The minimum absolute atomic E-state index is 0.892. The van der Waals surface area contributed by atoms with E-state index in [1.165, 1.54) is 32.6 Å². The van der Waals surface area contributed by atoms with Crippen LogP contribution in [0.3, 0.4) is 0 Å². The van der Waals surface area contributed by atoms with Gasteiger partial charge in [-0.2, -0.15) is 0 Å². The zero-order valence-corrected chi connectivity index (χ0v) is 17.1. The monoisotopic (exact) mass is 368 g/mol. The van der Waals surface area contributed by atoms with E-state index in [0.717, 1.165) is 6.16 Å². The van der Waals surface area contributed by atoms with Crippen LogP contribution in [0.5, 0.6) is 0 Å². The molecule has 0 bridgehead atoms. The van der Waals surface area contributed by atoms with Crippen molar-refractivity contribution in [3.63, 3.8) is 0 Å². The molecule has 0 aromatic heterocycles. The van der Waals surface area contributed by atoms with Crippen LogP contribution in [0.15, 0.2) is 72.8 Å². The zero-order chi connectivity index (χ0) is 18.1. The first-order chi connectivity index (χ1) is 11.9. The Morgan fingerprint density at radius 1 is 0.640 bits per heavy atom. The summed E-state index contributed by atoms with van der Waals surface area (Å²) in [6, 6.07) is 26.3. The number of rotatable bonds is 4. The summed E-state index contributed by atoms with van der Waals surface area (Å²) in [5.74, 6) is -3.03. The van der Waals surface area contributed by atoms with Crippen LogP contribution >= 0.6 is 17.2 Å². The predicted octanol–water partition coefficient (Wildman–Crippen LogP) is 5.62. The quantitative estimate of drug-likeness (QED) is 0.525. The molecule has 25 heavy (non-hydrogen) atoms. The Kier molecular flexibility index (Phi) is 4.80. The van der Waals surface area contributed by atoms with E-state index in [2.05, 4.69) is 100 Å². The summed E-state index contributed by atoms with van der Waals surface area (Å²) in [5, 5.41) is 3.77. The van der Waals surface area contributed by atoms with Gasteiger partial charge >= 0.3 is 156 Å². The van der Waals surface area contributed by atoms with Crippen LogP contribution in [0.25, 0.3) is 0 Å². The Balaban J connectivity index is 2.46. The van der Waals surface area contributed by atoms with E-state index in [-0.39, 0.29) is 0 Å². The first kappa shape index (κ1) is 18.2. The van der Waals surface area contributed by atoms with Crippen molar-refractivity contribution >= 4 is 33.1 Å². The van der Waals surface area contributed by atoms with Crippen LogP contribution in [-0.2, 0) is 0 Å². The van der Waals surface area contributed by atoms with Crippen molar-refractivity contribution in [3.05, 3.63) is 89.5 Å². The zero-order valence-electron chi connectivity index (χ0n) is 15.5. The van der Waals surface area contributed by atoms with E-state index in [1.54, 1.807) is 0 Å². The van der Waals surface area contributed by atoms with Gasteiger partial charge in [-0.15, -0.1) is 0 Å². The summed E-state index contributed by atoms with van der Waals surface area (Å²) < 4.78 is 0. The van der Waals surface area contributed by atoms with Gasteiger partial charge in [0.25, 0.3) is 0 Å². The van der Waals surface area contributed by atoms with Gasteiger partial charge in [0.1, 0.15) is 0 Å². The van der Waals surface area contributed by atoms with Gasteiger partial charge in [-0.25, -0.2) is 0 Å². The first-order valence-electron chi connectivity index (χ1n) is 8.83. The molecule has 0 unspecified atom stereocenters. The van der Waals surface area contributed by atoms with E-state index in [0.29, 0.717) is 0 Å². The van der Waals surface area contributed by atoms with Gasteiger partial charge in [0.2, 0.25) is 0 Å². The molecule has 0 aliphatic rings. The number of benzene rings is 3. The summed E-state index contributed by atoms with van der Waals surface area (Å²) in [6.07, 6.45) is 0.892. The minimum atomic E-state index is -3.03. The van der Waals surface area contributed by atoms with E-state index >= 15 is 0 Å². The summed E-state index contributed by atoms with van der Waals surface area (Å²) in [5.41, 5.74) is 3.75. The van der Waals surface area contributed by atoms with E-state index < -0.39 is 5.96 Å². The first-order valence-corrected chi connectivity index (χ1v) is 12.2. The molecular weight excluding hydrogens is 343 g/mol. The van der Waals surface area contributed by atoms with Crippen molar-refractivity contribution in [3.8, 4) is 0 Å². The van der Waals surface area contributed by atoms with Crippen molar-refractivity contribution in [2.75, 3.05) is 6.16 Å². The Bertz CT molecular complexity index is 800. The molecule has 3 aromatic rings. The summed E-state index contributed by atoms with van der Waals surface area (Å²) >= 11 is 7.90. The van der Waals surface area contributed by atoms with E-state index in [4.69, 9.17) is 11.2 Å². The topological polar surface area (TPSA) is 0 Å². The molecule has 0 N–H and O–H groups in total. The molecule has 2 heteroatoms. The molecule has 0 spiro atoms. The molecule has 0 amide bonds. The van der Waals surface area contributed by atoms with Gasteiger partial charge in [-0.1, -0.05) is 0 Å². The van der Waals surface area contributed by atoms with Crippen LogP contribution < -0.4 is 15.9 Å². The summed E-state index contributed by atoms with van der Waals surface area (Å²) in [4.78, 5) is 0. The Morgan fingerprint density at radius 2 is 0.960 bits per heavy atom. The van der Waals surface area contributed by atoms with Crippen molar-refractivity contribution < 1.29 is 0 Å². The number of hydrogen-bond donors (Lipinski definition) is 0. The molecule has 130 valence electrons. The van der Waals surface area contributed by atoms with Gasteiger partial charge in [0.15, 0.2) is 0 Å². The maximum atomic E-state index is 7.90. The Labute approximate surface area is 156 Å². The van der Waals surface area contributed by atoms with Crippen LogP contribution in [-0.4, -0.2) is 6.16 Å². The molecule has 0 heterocycles. The second kappa shape index (κ2) is 6.60. The van der Waals surface area contributed by atoms with Crippen molar-refractivity contribution in [1.82, 2.24) is 0 Å². The SMILES string of the molecule is CCP(Cl)(c1cccc(C)c1)(c1cccc(C)c1)c1cccc(C)c1. The Morgan fingerprint density at radius 3 is 1.20 bits per heavy atom. The molecule has 3 aromatic carbocycles. The molecule has 0 fully saturated rings. The fourth-order valence-corrected chi connectivity index (χ4v) is 9.29. The van der Waals surface area contributed by atoms with Crippen molar-refractivity contribution in [2.24, 2.45) is 0 Å². The molecule has 0 saturated heterocycles. The maximum absolute atomic E-state index is 7.90. The molecule has 0 nitrogen and oxygen atoms in total. The van der Waals surface area contributed by atoms with Gasteiger partial charge < -0.3 is 0 Å². The molecule has 0 aliphatic carbocycles. The van der Waals surface area contributed by atoms with E-state index in [9.17, 15) is 0 Å². The number of hydrogen-bond acceptors (Lipinski definition) is 0.